The van der Waals surface area contributed by atoms with Crippen LogP contribution in [0.1, 0.15) is 265 Å². The Kier molecular flexibility index (Phi) is 50.9. The van der Waals surface area contributed by atoms with Crippen LogP contribution in [0.15, 0.2) is 72.9 Å². The molecule has 0 aliphatic carbocycles. The highest BCUT2D eigenvalue weighted by Gasteiger charge is 2.19. The summed E-state index contributed by atoms with van der Waals surface area (Å²) in [6.45, 7) is 6.53. The van der Waals surface area contributed by atoms with Gasteiger partial charge < -0.3 is 14.2 Å². The molecule has 0 aliphatic heterocycles. The van der Waals surface area contributed by atoms with E-state index in [1.807, 2.05) is 0 Å². The standard InChI is InChI=1S/C59H102O6/c1-4-7-10-13-16-19-22-24-26-28-29-31-33-35-38-40-43-46-49-52-58(61)64-55-56(65-59(62)53-50-47-44-41-36-21-18-15-12-9-6-3)54-63-57(60)51-48-45-42-39-37-34-32-30-27-25-23-20-17-14-11-8-5-2/h15-20,24-27,32,34,56H,4-14,21-23,28-31,33,35-55H2,1-3H3/b18-15-,19-16-,20-17-,26-24-,27-25-,34-32-/t56-/m0/s1. The SMILES string of the molecule is CCCC/C=C\CCCCCCCC(=O)O[C@@H](COC(=O)CCCCCC/C=C\C/C=C\C/C=C\CCCCC)COC(=O)CCCCCCCCCCC/C=C\C/C=C\CCCCC. The first-order valence-electron chi connectivity index (χ1n) is 27.4. The van der Waals surface area contributed by atoms with E-state index < -0.39 is 6.10 Å². The molecule has 374 valence electrons. The molecule has 0 heterocycles. The highest BCUT2D eigenvalue weighted by atomic mass is 16.6. The van der Waals surface area contributed by atoms with Crippen LogP contribution >= 0.6 is 0 Å². The summed E-state index contributed by atoms with van der Waals surface area (Å²) in [5.74, 6) is -0.921. The van der Waals surface area contributed by atoms with Gasteiger partial charge in [0.15, 0.2) is 6.10 Å². The van der Waals surface area contributed by atoms with Gasteiger partial charge in [-0.1, -0.05) is 209 Å². The number of hydrogen-bond acceptors (Lipinski definition) is 6. The van der Waals surface area contributed by atoms with Gasteiger partial charge in [-0.25, -0.2) is 0 Å². The second-order valence-electron chi connectivity index (χ2n) is 18.1. The van der Waals surface area contributed by atoms with E-state index in [0.717, 1.165) is 103 Å². The first-order chi connectivity index (χ1) is 32.0. The van der Waals surface area contributed by atoms with Crippen LogP contribution in [0.3, 0.4) is 0 Å². The molecule has 1 atom stereocenters. The normalized spacial score (nSPS) is 12.6. The van der Waals surface area contributed by atoms with Gasteiger partial charge in [0.1, 0.15) is 13.2 Å². The van der Waals surface area contributed by atoms with E-state index >= 15 is 0 Å². The summed E-state index contributed by atoms with van der Waals surface area (Å²) < 4.78 is 16.8. The second kappa shape index (κ2) is 53.5. The van der Waals surface area contributed by atoms with Crippen molar-refractivity contribution in [1.29, 1.82) is 0 Å². The summed E-state index contributed by atoms with van der Waals surface area (Å²) in [5, 5.41) is 0. The van der Waals surface area contributed by atoms with Crippen molar-refractivity contribution < 1.29 is 28.6 Å². The molecule has 6 nitrogen and oxygen atoms in total. The van der Waals surface area contributed by atoms with E-state index in [1.165, 1.54) is 122 Å². The molecule has 0 aliphatic rings. The summed E-state index contributed by atoms with van der Waals surface area (Å²) in [5.41, 5.74) is 0. The number of unbranched alkanes of at least 4 members (excludes halogenated alkanes) is 26. The molecule has 0 saturated carbocycles. The highest BCUT2D eigenvalue weighted by Crippen LogP contribution is 2.14. The third kappa shape index (κ3) is 51.7. The molecular weight excluding hydrogens is 805 g/mol. The lowest BCUT2D eigenvalue weighted by molar-refractivity contribution is -0.167. The fourth-order valence-corrected chi connectivity index (χ4v) is 7.46. The highest BCUT2D eigenvalue weighted by molar-refractivity contribution is 5.71. The van der Waals surface area contributed by atoms with Gasteiger partial charge in [0, 0.05) is 19.3 Å². The zero-order valence-electron chi connectivity index (χ0n) is 42.7. The zero-order valence-corrected chi connectivity index (χ0v) is 42.7. The Hall–Kier alpha value is -3.15. The Morgan fingerprint density at radius 3 is 0.923 bits per heavy atom. The Labute approximate surface area is 402 Å². The van der Waals surface area contributed by atoms with E-state index in [9.17, 15) is 14.4 Å². The van der Waals surface area contributed by atoms with E-state index in [0.29, 0.717) is 19.3 Å². The Bertz CT molecular complexity index is 1230. The first-order valence-corrected chi connectivity index (χ1v) is 27.4. The molecule has 0 unspecified atom stereocenters. The maximum absolute atomic E-state index is 12.8. The molecule has 0 aromatic rings. The largest absolute Gasteiger partial charge is 0.462 e. The Morgan fingerprint density at radius 2 is 0.569 bits per heavy atom. The minimum atomic E-state index is -0.790. The van der Waals surface area contributed by atoms with Gasteiger partial charge in [-0.15, -0.1) is 0 Å². The second-order valence-corrected chi connectivity index (χ2v) is 18.1. The predicted molar refractivity (Wildman–Crippen MR) is 279 cm³/mol. The summed E-state index contributed by atoms with van der Waals surface area (Å²) >= 11 is 0. The molecule has 0 spiro atoms. The average Bonchev–Trinajstić information content (AvgIpc) is 3.30. The van der Waals surface area contributed by atoms with Crippen LogP contribution in [-0.4, -0.2) is 37.2 Å². The van der Waals surface area contributed by atoms with Crippen molar-refractivity contribution in [1.82, 2.24) is 0 Å². The monoisotopic (exact) mass is 907 g/mol. The number of rotatable bonds is 49. The van der Waals surface area contributed by atoms with E-state index in [2.05, 4.69) is 93.7 Å². The van der Waals surface area contributed by atoms with Crippen molar-refractivity contribution in [3.63, 3.8) is 0 Å². The van der Waals surface area contributed by atoms with E-state index in [4.69, 9.17) is 14.2 Å². The van der Waals surface area contributed by atoms with Crippen molar-refractivity contribution in [2.24, 2.45) is 0 Å². The molecule has 0 radical (unpaired) electrons. The van der Waals surface area contributed by atoms with E-state index in [1.54, 1.807) is 0 Å². The van der Waals surface area contributed by atoms with Crippen LogP contribution < -0.4 is 0 Å². The van der Waals surface area contributed by atoms with Gasteiger partial charge in [-0.05, 0) is 109 Å². The Balaban J connectivity index is 4.37. The predicted octanol–water partition coefficient (Wildman–Crippen LogP) is 18.2. The molecule has 0 N–H and O–H groups in total. The number of hydrogen-bond donors (Lipinski definition) is 0. The summed E-state index contributed by atoms with van der Waals surface area (Å²) in [6.07, 6.45) is 67.4. The van der Waals surface area contributed by atoms with Gasteiger partial charge in [-0.3, -0.25) is 14.4 Å². The van der Waals surface area contributed by atoms with Crippen molar-refractivity contribution in [3.8, 4) is 0 Å². The van der Waals surface area contributed by atoms with Crippen LogP contribution in [0, 0.1) is 0 Å². The van der Waals surface area contributed by atoms with E-state index in [-0.39, 0.29) is 31.1 Å². The van der Waals surface area contributed by atoms with Crippen LogP contribution in [0.5, 0.6) is 0 Å². The Morgan fingerprint density at radius 1 is 0.308 bits per heavy atom. The molecule has 0 fully saturated rings. The van der Waals surface area contributed by atoms with Crippen LogP contribution in [0.2, 0.25) is 0 Å². The summed E-state index contributed by atoms with van der Waals surface area (Å²) in [7, 11) is 0. The minimum absolute atomic E-state index is 0.0882. The van der Waals surface area contributed by atoms with Gasteiger partial charge >= 0.3 is 17.9 Å². The zero-order chi connectivity index (χ0) is 47.2. The van der Waals surface area contributed by atoms with Crippen molar-refractivity contribution in [2.75, 3.05) is 13.2 Å². The maximum atomic E-state index is 12.8. The van der Waals surface area contributed by atoms with Gasteiger partial charge in [0.25, 0.3) is 0 Å². The van der Waals surface area contributed by atoms with Crippen molar-refractivity contribution >= 4 is 17.9 Å². The number of esters is 3. The number of carbonyl (C=O) groups is 3. The molecule has 0 bridgehead atoms. The number of carbonyl (C=O) groups excluding carboxylic acids is 3. The fraction of sp³-hybridized carbons (Fsp3) is 0.746. The van der Waals surface area contributed by atoms with Crippen LogP contribution in [-0.2, 0) is 28.6 Å². The maximum Gasteiger partial charge on any atom is 0.306 e. The molecule has 0 aromatic heterocycles. The first kappa shape index (κ1) is 61.9. The van der Waals surface area contributed by atoms with Crippen molar-refractivity contribution in [3.05, 3.63) is 72.9 Å². The van der Waals surface area contributed by atoms with Crippen LogP contribution in [0.25, 0.3) is 0 Å². The smallest absolute Gasteiger partial charge is 0.306 e. The number of allylic oxidation sites excluding steroid dienone is 12. The third-order valence-corrected chi connectivity index (χ3v) is 11.7. The quantitative estimate of drug-likeness (QED) is 0.0262. The van der Waals surface area contributed by atoms with Crippen LogP contribution in [0.4, 0.5) is 0 Å². The molecule has 0 saturated heterocycles. The number of ether oxygens (including phenoxy) is 3. The lowest BCUT2D eigenvalue weighted by Gasteiger charge is -2.18. The van der Waals surface area contributed by atoms with Gasteiger partial charge in [0.05, 0.1) is 0 Å². The molecule has 0 amide bonds. The van der Waals surface area contributed by atoms with Gasteiger partial charge in [0.2, 0.25) is 0 Å². The lowest BCUT2D eigenvalue weighted by Crippen LogP contribution is -2.30. The third-order valence-electron chi connectivity index (χ3n) is 11.7. The lowest BCUT2D eigenvalue weighted by atomic mass is 10.1. The molecule has 65 heavy (non-hydrogen) atoms. The minimum Gasteiger partial charge on any atom is -0.462 e. The topological polar surface area (TPSA) is 78.9 Å². The molecule has 6 heteroatoms. The fourth-order valence-electron chi connectivity index (χ4n) is 7.46. The summed E-state index contributed by atoms with van der Waals surface area (Å²) in [4.78, 5) is 38.0. The molecular formula is C59H102O6. The average molecular weight is 907 g/mol. The summed E-state index contributed by atoms with van der Waals surface area (Å²) in [6, 6.07) is 0. The van der Waals surface area contributed by atoms with Gasteiger partial charge in [-0.2, -0.15) is 0 Å². The molecule has 0 rings (SSSR count). The molecule has 0 aromatic carbocycles. The van der Waals surface area contributed by atoms with Crippen molar-refractivity contribution in [2.45, 2.75) is 271 Å².